The van der Waals surface area contributed by atoms with Gasteiger partial charge in [0, 0.05) is 18.3 Å². The predicted molar refractivity (Wildman–Crippen MR) is 90.3 cm³/mol. The van der Waals surface area contributed by atoms with Crippen molar-refractivity contribution in [2.45, 2.75) is 6.42 Å². The smallest absolute Gasteiger partial charge is 0.231 e. The Morgan fingerprint density at radius 2 is 2.12 bits per heavy atom. The van der Waals surface area contributed by atoms with Gasteiger partial charge in [0.05, 0.1) is 10.6 Å². The molecule has 0 saturated heterocycles. The van der Waals surface area contributed by atoms with E-state index < -0.39 is 11.6 Å². The zero-order chi connectivity index (χ0) is 16.7. The first-order chi connectivity index (χ1) is 11.6. The molecule has 1 aliphatic rings. The third-order valence-corrected chi connectivity index (χ3v) is 4.95. The lowest BCUT2D eigenvalue weighted by Gasteiger charge is -2.24. The van der Waals surface area contributed by atoms with E-state index >= 15 is 0 Å². The minimum absolute atomic E-state index is 0.0730. The molecule has 0 aliphatic carbocycles. The lowest BCUT2D eigenvalue weighted by Crippen LogP contribution is -2.33. The van der Waals surface area contributed by atoms with Crippen molar-refractivity contribution >= 4 is 38.3 Å². The van der Waals surface area contributed by atoms with Crippen molar-refractivity contribution in [2.24, 2.45) is 5.92 Å². The van der Waals surface area contributed by atoms with Gasteiger partial charge in [0.1, 0.15) is 11.3 Å². The van der Waals surface area contributed by atoms with Crippen LogP contribution in [0.3, 0.4) is 0 Å². The van der Waals surface area contributed by atoms with E-state index in [9.17, 15) is 13.6 Å². The number of nitrogens with one attached hydrogen (secondary N) is 2. The Morgan fingerprint density at radius 3 is 3.00 bits per heavy atom. The summed E-state index contributed by atoms with van der Waals surface area (Å²) in [5.41, 5.74) is 2.20. The molecule has 122 valence electrons. The molecule has 2 N–H and O–H groups in total. The number of para-hydroxylation sites is 1. The zero-order valence-electron chi connectivity index (χ0n) is 12.5. The van der Waals surface area contributed by atoms with Gasteiger partial charge < -0.3 is 10.6 Å². The molecule has 0 bridgehead atoms. The number of carbonyl (C=O) groups is 1. The summed E-state index contributed by atoms with van der Waals surface area (Å²) in [6.07, 6.45) is 0.628. The van der Waals surface area contributed by atoms with Crippen LogP contribution in [0.4, 0.5) is 19.6 Å². The molecule has 2 aromatic carbocycles. The molecule has 0 saturated carbocycles. The third kappa shape index (κ3) is 2.71. The van der Waals surface area contributed by atoms with Gasteiger partial charge in [-0.15, -0.1) is 0 Å². The molecule has 1 aromatic heterocycles. The summed E-state index contributed by atoms with van der Waals surface area (Å²) < 4.78 is 27.3. The van der Waals surface area contributed by atoms with Gasteiger partial charge in [0.15, 0.2) is 10.9 Å². The fraction of sp³-hybridized carbons (Fsp3) is 0.176. The second-order valence-electron chi connectivity index (χ2n) is 5.68. The van der Waals surface area contributed by atoms with E-state index in [0.29, 0.717) is 17.7 Å². The van der Waals surface area contributed by atoms with E-state index in [2.05, 4.69) is 15.6 Å². The number of halogens is 2. The second kappa shape index (κ2) is 5.83. The Bertz CT molecular complexity index is 941. The van der Waals surface area contributed by atoms with E-state index in [-0.39, 0.29) is 22.5 Å². The lowest BCUT2D eigenvalue weighted by atomic mass is 9.93. The highest BCUT2D eigenvalue weighted by molar-refractivity contribution is 7.22. The number of hydrogen-bond acceptors (Lipinski definition) is 4. The van der Waals surface area contributed by atoms with Crippen LogP contribution in [0.15, 0.2) is 36.4 Å². The molecule has 1 amide bonds. The summed E-state index contributed by atoms with van der Waals surface area (Å²) >= 11 is 1.06. The number of thiazole rings is 1. The molecule has 1 unspecified atom stereocenters. The Balaban J connectivity index is 1.54. The number of rotatable bonds is 2. The maximum Gasteiger partial charge on any atom is 0.231 e. The number of hydrogen-bond donors (Lipinski definition) is 2. The molecule has 1 atom stereocenters. The summed E-state index contributed by atoms with van der Waals surface area (Å²) in [4.78, 5) is 16.5. The van der Waals surface area contributed by atoms with E-state index in [4.69, 9.17) is 0 Å². The van der Waals surface area contributed by atoms with Crippen LogP contribution < -0.4 is 10.6 Å². The average molecular weight is 345 g/mol. The van der Waals surface area contributed by atoms with Crippen molar-refractivity contribution in [3.63, 3.8) is 0 Å². The standard InChI is InChI=1S/C17H13F2N3OS/c18-11-6-12(19)15-14(7-11)24-17(21-15)22-16(23)10-5-9-3-1-2-4-13(9)20-8-10/h1-4,6-7,10,20H,5,8H2,(H,21,22,23). The van der Waals surface area contributed by atoms with Crippen LogP contribution in [-0.2, 0) is 11.2 Å². The number of benzene rings is 2. The number of nitrogens with zero attached hydrogens (tertiary/aromatic N) is 1. The van der Waals surface area contributed by atoms with Crippen molar-refractivity contribution in [1.29, 1.82) is 0 Å². The second-order valence-corrected chi connectivity index (χ2v) is 6.71. The molecule has 1 aliphatic heterocycles. The maximum absolute atomic E-state index is 13.7. The van der Waals surface area contributed by atoms with Gasteiger partial charge in [0.25, 0.3) is 0 Å². The first-order valence-corrected chi connectivity index (χ1v) is 8.30. The number of carbonyl (C=O) groups excluding carboxylic acids is 1. The van der Waals surface area contributed by atoms with Crippen LogP contribution in [0.1, 0.15) is 5.56 Å². The number of aromatic nitrogens is 1. The van der Waals surface area contributed by atoms with Gasteiger partial charge in [-0.2, -0.15) is 0 Å². The molecular weight excluding hydrogens is 332 g/mol. The number of fused-ring (bicyclic) bond motifs is 2. The van der Waals surface area contributed by atoms with Gasteiger partial charge in [-0.25, -0.2) is 13.8 Å². The average Bonchev–Trinajstić information content (AvgIpc) is 2.97. The Hall–Kier alpha value is -2.54. The first kappa shape index (κ1) is 15.0. The molecule has 3 aromatic rings. The highest BCUT2D eigenvalue weighted by Gasteiger charge is 2.25. The Morgan fingerprint density at radius 1 is 1.29 bits per heavy atom. The fourth-order valence-electron chi connectivity index (χ4n) is 2.85. The van der Waals surface area contributed by atoms with Crippen LogP contribution >= 0.6 is 11.3 Å². The quantitative estimate of drug-likeness (QED) is 0.743. The SMILES string of the molecule is O=C(Nc1nc2c(F)cc(F)cc2s1)C1CNc2ccccc2C1. The summed E-state index contributed by atoms with van der Waals surface area (Å²) in [5.74, 6) is -1.81. The lowest BCUT2D eigenvalue weighted by molar-refractivity contribution is -0.119. The molecule has 0 radical (unpaired) electrons. The summed E-state index contributed by atoms with van der Waals surface area (Å²) in [7, 11) is 0. The van der Waals surface area contributed by atoms with Crippen LogP contribution in [0.2, 0.25) is 0 Å². The van der Waals surface area contributed by atoms with Gasteiger partial charge in [-0.3, -0.25) is 4.79 Å². The predicted octanol–water partition coefficient (Wildman–Crippen LogP) is 3.80. The van der Waals surface area contributed by atoms with Gasteiger partial charge >= 0.3 is 0 Å². The highest BCUT2D eigenvalue weighted by atomic mass is 32.1. The number of amides is 1. The van der Waals surface area contributed by atoms with Crippen LogP contribution in [0, 0.1) is 17.6 Å². The summed E-state index contributed by atoms with van der Waals surface area (Å²) in [6, 6.07) is 9.85. The molecule has 4 rings (SSSR count). The van der Waals surface area contributed by atoms with Crippen molar-refractivity contribution in [2.75, 3.05) is 17.2 Å². The van der Waals surface area contributed by atoms with Gasteiger partial charge in [0.2, 0.25) is 5.91 Å². The van der Waals surface area contributed by atoms with Crippen LogP contribution in [0.25, 0.3) is 10.2 Å². The van der Waals surface area contributed by atoms with E-state index in [1.807, 2.05) is 24.3 Å². The molecular formula is C17H13F2N3OS. The van der Waals surface area contributed by atoms with Crippen molar-refractivity contribution in [3.05, 3.63) is 53.6 Å². The van der Waals surface area contributed by atoms with Crippen molar-refractivity contribution in [3.8, 4) is 0 Å². The van der Waals surface area contributed by atoms with E-state index in [0.717, 1.165) is 28.7 Å². The largest absolute Gasteiger partial charge is 0.384 e. The molecule has 4 nitrogen and oxygen atoms in total. The summed E-state index contributed by atoms with van der Waals surface area (Å²) in [5, 5.41) is 6.23. The molecule has 0 fully saturated rings. The fourth-order valence-corrected chi connectivity index (χ4v) is 3.75. The van der Waals surface area contributed by atoms with E-state index in [1.54, 1.807) is 0 Å². The highest BCUT2D eigenvalue weighted by Crippen LogP contribution is 2.30. The molecule has 24 heavy (non-hydrogen) atoms. The molecule has 2 heterocycles. The normalized spacial score (nSPS) is 16.5. The zero-order valence-corrected chi connectivity index (χ0v) is 13.3. The minimum Gasteiger partial charge on any atom is -0.384 e. The van der Waals surface area contributed by atoms with Crippen LogP contribution in [-0.4, -0.2) is 17.4 Å². The summed E-state index contributed by atoms with van der Waals surface area (Å²) in [6.45, 7) is 0.525. The van der Waals surface area contributed by atoms with Gasteiger partial charge in [-0.1, -0.05) is 29.5 Å². The topological polar surface area (TPSA) is 54.0 Å². The Labute approximate surface area is 140 Å². The van der Waals surface area contributed by atoms with Crippen LogP contribution in [0.5, 0.6) is 0 Å². The molecule has 0 spiro atoms. The molecule has 7 heteroatoms. The van der Waals surface area contributed by atoms with Crippen molar-refractivity contribution in [1.82, 2.24) is 4.98 Å². The van der Waals surface area contributed by atoms with Crippen molar-refractivity contribution < 1.29 is 13.6 Å². The van der Waals surface area contributed by atoms with Gasteiger partial charge in [-0.05, 0) is 24.1 Å². The first-order valence-electron chi connectivity index (χ1n) is 7.48. The maximum atomic E-state index is 13.7. The van der Waals surface area contributed by atoms with E-state index in [1.165, 1.54) is 6.07 Å². The Kier molecular flexibility index (Phi) is 3.65. The monoisotopic (exact) mass is 345 g/mol. The minimum atomic E-state index is -0.727. The number of anilines is 2. The third-order valence-electron chi connectivity index (χ3n) is 4.04.